The average molecular weight is 276 g/mol. The van der Waals surface area contributed by atoms with Gasteiger partial charge in [0.25, 0.3) is 0 Å². The van der Waals surface area contributed by atoms with Gasteiger partial charge < -0.3 is 14.7 Å². The van der Waals surface area contributed by atoms with Crippen LogP contribution in [0.15, 0.2) is 69.6 Å². The van der Waals surface area contributed by atoms with Crippen molar-refractivity contribution in [2.45, 2.75) is 0 Å². The minimum absolute atomic E-state index is 0.358. The monoisotopic (exact) mass is 276 g/mol. The molecule has 2 aromatic carbocycles. The molecule has 21 heavy (non-hydrogen) atoms. The maximum atomic E-state index is 5.96. The second kappa shape index (κ2) is 4.52. The van der Waals surface area contributed by atoms with Crippen molar-refractivity contribution in [2.75, 3.05) is 5.73 Å². The molecule has 4 heteroatoms. The summed E-state index contributed by atoms with van der Waals surface area (Å²) in [6.45, 7) is 0. The van der Waals surface area contributed by atoms with Crippen LogP contribution >= 0.6 is 0 Å². The number of para-hydroxylation sites is 1. The van der Waals surface area contributed by atoms with E-state index in [2.05, 4.69) is 5.16 Å². The summed E-state index contributed by atoms with van der Waals surface area (Å²) in [4.78, 5) is 0. The van der Waals surface area contributed by atoms with E-state index < -0.39 is 0 Å². The van der Waals surface area contributed by atoms with Crippen LogP contribution in [0.5, 0.6) is 0 Å². The van der Waals surface area contributed by atoms with Crippen molar-refractivity contribution in [3.63, 3.8) is 0 Å². The molecular weight excluding hydrogens is 264 g/mol. The fourth-order valence-electron chi connectivity index (χ4n) is 2.45. The van der Waals surface area contributed by atoms with Gasteiger partial charge in [0, 0.05) is 5.39 Å². The molecule has 4 aromatic rings. The van der Waals surface area contributed by atoms with Crippen LogP contribution in [0.2, 0.25) is 0 Å². The molecule has 2 aromatic heterocycles. The van der Waals surface area contributed by atoms with E-state index >= 15 is 0 Å². The minimum Gasteiger partial charge on any atom is -0.453 e. The molecule has 2 N–H and O–H groups in total. The number of fused-ring (bicyclic) bond motifs is 1. The summed E-state index contributed by atoms with van der Waals surface area (Å²) in [6.07, 6.45) is 0. The zero-order valence-electron chi connectivity index (χ0n) is 11.1. The third-order valence-corrected chi connectivity index (χ3v) is 3.43. The lowest BCUT2D eigenvalue weighted by atomic mass is 10.0. The number of anilines is 1. The molecule has 0 radical (unpaired) electrons. The largest absolute Gasteiger partial charge is 0.453 e. The molecule has 0 aliphatic rings. The van der Waals surface area contributed by atoms with Crippen molar-refractivity contribution < 1.29 is 8.94 Å². The first kappa shape index (κ1) is 11.8. The fourth-order valence-corrected chi connectivity index (χ4v) is 2.45. The van der Waals surface area contributed by atoms with E-state index in [1.807, 2.05) is 60.7 Å². The van der Waals surface area contributed by atoms with E-state index in [-0.39, 0.29) is 0 Å². The van der Waals surface area contributed by atoms with Crippen LogP contribution in [0.1, 0.15) is 0 Å². The van der Waals surface area contributed by atoms with E-state index in [9.17, 15) is 0 Å². The summed E-state index contributed by atoms with van der Waals surface area (Å²) in [6, 6.07) is 19.5. The molecule has 0 unspecified atom stereocenters. The molecular formula is C17H12N2O2. The normalized spacial score (nSPS) is 11.0. The number of benzene rings is 2. The van der Waals surface area contributed by atoms with Crippen molar-refractivity contribution in [1.82, 2.24) is 5.16 Å². The molecule has 0 fully saturated rings. The van der Waals surface area contributed by atoms with Crippen molar-refractivity contribution in [3.8, 4) is 22.6 Å². The first-order chi connectivity index (χ1) is 10.3. The third kappa shape index (κ3) is 1.89. The lowest BCUT2D eigenvalue weighted by Gasteiger charge is -1.99. The van der Waals surface area contributed by atoms with Gasteiger partial charge in [0.1, 0.15) is 5.58 Å². The van der Waals surface area contributed by atoms with Gasteiger partial charge in [-0.2, -0.15) is 0 Å². The number of rotatable bonds is 2. The molecule has 0 saturated heterocycles. The van der Waals surface area contributed by atoms with Crippen LogP contribution < -0.4 is 5.73 Å². The van der Waals surface area contributed by atoms with Crippen molar-refractivity contribution >= 4 is 16.8 Å². The highest BCUT2D eigenvalue weighted by atomic mass is 16.5. The van der Waals surface area contributed by atoms with Crippen LogP contribution in [0, 0.1) is 0 Å². The van der Waals surface area contributed by atoms with Crippen LogP contribution in [-0.4, -0.2) is 5.16 Å². The van der Waals surface area contributed by atoms with Gasteiger partial charge in [0.05, 0.1) is 5.56 Å². The number of hydrogen-bond acceptors (Lipinski definition) is 4. The first-order valence-electron chi connectivity index (χ1n) is 6.62. The van der Waals surface area contributed by atoms with Gasteiger partial charge >= 0.3 is 0 Å². The second-order valence-electron chi connectivity index (χ2n) is 4.79. The molecule has 0 atom stereocenters. The zero-order chi connectivity index (χ0) is 14.2. The van der Waals surface area contributed by atoms with Gasteiger partial charge in [0.15, 0.2) is 11.6 Å². The number of nitrogen functional groups attached to an aromatic ring is 1. The maximum absolute atomic E-state index is 5.96. The third-order valence-electron chi connectivity index (χ3n) is 3.43. The Morgan fingerprint density at radius 2 is 1.67 bits per heavy atom. The minimum atomic E-state index is 0.358. The Hall–Kier alpha value is -3.01. The summed E-state index contributed by atoms with van der Waals surface area (Å²) < 4.78 is 11.2. The summed E-state index contributed by atoms with van der Waals surface area (Å²) in [7, 11) is 0. The van der Waals surface area contributed by atoms with E-state index in [4.69, 9.17) is 14.7 Å². The Kier molecular flexibility index (Phi) is 2.54. The molecule has 0 bridgehead atoms. The van der Waals surface area contributed by atoms with Crippen LogP contribution in [-0.2, 0) is 0 Å². The highest BCUT2D eigenvalue weighted by molar-refractivity contribution is 5.89. The van der Waals surface area contributed by atoms with Gasteiger partial charge in [-0.05, 0) is 17.7 Å². The van der Waals surface area contributed by atoms with Crippen LogP contribution in [0.3, 0.4) is 0 Å². The predicted octanol–water partition coefficient (Wildman–Crippen LogP) is 4.34. The molecule has 0 aliphatic carbocycles. The number of nitrogens with zero attached hydrogens (tertiary/aromatic N) is 1. The molecule has 0 aliphatic heterocycles. The van der Waals surface area contributed by atoms with Gasteiger partial charge in [-0.25, -0.2) is 0 Å². The quantitative estimate of drug-likeness (QED) is 0.591. The van der Waals surface area contributed by atoms with Gasteiger partial charge in [-0.3, -0.25) is 0 Å². The molecule has 0 amide bonds. The van der Waals surface area contributed by atoms with E-state index in [0.29, 0.717) is 17.3 Å². The average Bonchev–Trinajstić information content (AvgIpc) is 3.11. The number of nitrogens with two attached hydrogens (primary N) is 1. The summed E-state index contributed by atoms with van der Waals surface area (Å²) in [5.41, 5.74) is 8.47. The van der Waals surface area contributed by atoms with Gasteiger partial charge in [-0.1, -0.05) is 53.7 Å². The molecule has 2 heterocycles. The number of hydrogen-bond donors (Lipinski definition) is 1. The lowest BCUT2D eigenvalue weighted by Crippen LogP contribution is -1.88. The van der Waals surface area contributed by atoms with Gasteiger partial charge in [-0.15, -0.1) is 0 Å². The summed E-state index contributed by atoms with van der Waals surface area (Å²) in [5.74, 6) is 1.53. The van der Waals surface area contributed by atoms with Crippen molar-refractivity contribution in [2.24, 2.45) is 0 Å². The molecule has 0 saturated carbocycles. The molecule has 102 valence electrons. The first-order valence-corrected chi connectivity index (χ1v) is 6.62. The SMILES string of the molecule is Nc1noc(-c2cc3ccccc3o2)c1-c1ccccc1. The Morgan fingerprint density at radius 1 is 0.905 bits per heavy atom. The highest BCUT2D eigenvalue weighted by Gasteiger charge is 2.20. The summed E-state index contributed by atoms with van der Waals surface area (Å²) in [5, 5.41) is 4.90. The zero-order valence-corrected chi connectivity index (χ0v) is 11.1. The fraction of sp³-hybridized carbons (Fsp3) is 0. The topological polar surface area (TPSA) is 65.2 Å². The summed E-state index contributed by atoms with van der Waals surface area (Å²) >= 11 is 0. The van der Waals surface area contributed by atoms with Crippen molar-refractivity contribution in [1.29, 1.82) is 0 Å². The highest BCUT2D eigenvalue weighted by Crippen LogP contribution is 2.38. The van der Waals surface area contributed by atoms with E-state index in [1.54, 1.807) is 0 Å². The predicted molar refractivity (Wildman–Crippen MR) is 81.6 cm³/mol. The number of aromatic nitrogens is 1. The smallest absolute Gasteiger partial charge is 0.212 e. The molecule has 4 rings (SSSR count). The Bertz CT molecular complexity index is 874. The maximum Gasteiger partial charge on any atom is 0.212 e. The van der Waals surface area contributed by atoms with Crippen LogP contribution in [0.4, 0.5) is 5.82 Å². The van der Waals surface area contributed by atoms with E-state index in [1.165, 1.54) is 0 Å². The standard InChI is InChI=1S/C17H12N2O2/c18-17-15(11-6-2-1-3-7-11)16(21-19-17)14-10-12-8-4-5-9-13(12)20-14/h1-10H,(H2,18,19). The van der Waals surface area contributed by atoms with E-state index in [0.717, 1.165) is 22.1 Å². The molecule has 4 nitrogen and oxygen atoms in total. The lowest BCUT2D eigenvalue weighted by molar-refractivity contribution is 0.424. The van der Waals surface area contributed by atoms with Gasteiger partial charge in [0.2, 0.25) is 5.76 Å². The van der Waals surface area contributed by atoms with Crippen molar-refractivity contribution in [3.05, 3.63) is 60.7 Å². The second-order valence-corrected chi connectivity index (χ2v) is 4.79. The number of furan rings is 1. The Balaban J connectivity index is 1.93. The molecule has 0 spiro atoms. The Morgan fingerprint density at radius 3 is 2.48 bits per heavy atom. The Labute approximate surface area is 120 Å². The van der Waals surface area contributed by atoms with Crippen LogP contribution in [0.25, 0.3) is 33.6 Å².